The maximum absolute atomic E-state index is 13.6. The van der Waals surface area contributed by atoms with Crippen molar-refractivity contribution in [1.29, 1.82) is 0 Å². The van der Waals surface area contributed by atoms with Crippen LogP contribution in [0.15, 0.2) is 18.2 Å². The Morgan fingerprint density at radius 1 is 1.16 bits per heavy atom. The zero-order valence-electron chi connectivity index (χ0n) is 20.8. The summed E-state index contributed by atoms with van der Waals surface area (Å²) in [6, 6.07) is 3.97. The number of aliphatic hydroxyl groups excluding tert-OH is 2. The van der Waals surface area contributed by atoms with E-state index in [1.165, 1.54) is 6.07 Å². The standard InChI is InChI=1S/C27H29NO10/c1-10-4-3-5-12-18(10)25(34)21-20(23(12)32)24(33)13-7-27(36,16(30)9-29)8-15(19(13)26(21)35)38-17-6-14(28)22(31)11(2)37-17/h3-5,11,14-15,17,22,29,31,33,35-36H,6-9,28H2,1-2H3. The fourth-order valence-corrected chi connectivity index (χ4v) is 5.78. The number of rotatable bonds is 4. The van der Waals surface area contributed by atoms with Crippen LogP contribution in [-0.4, -0.2) is 79.6 Å². The number of carbonyl (C=O) groups is 3. The molecule has 3 aliphatic rings. The van der Waals surface area contributed by atoms with Gasteiger partial charge in [0.2, 0.25) is 0 Å². The lowest BCUT2D eigenvalue weighted by atomic mass is 9.71. The Kier molecular flexibility index (Phi) is 6.41. The molecule has 0 aromatic heterocycles. The molecular weight excluding hydrogens is 498 g/mol. The third-order valence-electron chi connectivity index (χ3n) is 7.83. The molecule has 202 valence electrons. The lowest BCUT2D eigenvalue weighted by molar-refractivity contribution is -0.247. The number of ether oxygens (including phenoxy) is 2. The first kappa shape index (κ1) is 26.4. The number of nitrogens with two attached hydrogens (primary N) is 1. The molecule has 0 bridgehead atoms. The lowest BCUT2D eigenvalue weighted by Gasteiger charge is -2.42. The van der Waals surface area contributed by atoms with E-state index in [1.807, 2.05) is 0 Å². The Morgan fingerprint density at radius 2 is 1.84 bits per heavy atom. The maximum atomic E-state index is 13.6. The normalized spacial score (nSPS) is 30.4. The van der Waals surface area contributed by atoms with Gasteiger partial charge in [-0.1, -0.05) is 18.2 Å². The average Bonchev–Trinajstić information content (AvgIpc) is 2.86. The smallest absolute Gasteiger partial charge is 0.198 e. The minimum absolute atomic E-state index is 0.0331. The summed E-state index contributed by atoms with van der Waals surface area (Å²) in [5, 5.41) is 53.6. The maximum Gasteiger partial charge on any atom is 0.198 e. The van der Waals surface area contributed by atoms with E-state index in [1.54, 1.807) is 26.0 Å². The van der Waals surface area contributed by atoms with Gasteiger partial charge >= 0.3 is 0 Å². The molecule has 38 heavy (non-hydrogen) atoms. The van der Waals surface area contributed by atoms with Gasteiger partial charge in [-0.2, -0.15) is 0 Å². The number of benzene rings is 2. The SMILES string of the molecule is Cc1cccc2c1C(=O)c1c(O)c3c(c(O)c1C2=O)CC(O)(C(=O)CO)CC3OC1CC(N)C(O)C(C)O1. The predicted molar refractivity (Wildman–Crippen MR) is 130 cm³/mol. The van der Waals surface area contributed by atoms with Crippen LogP contribution in [0.5, 0.6) is 11.5 Å². The minimum atomic E-state index is -2.22. The molecule has 11 nitrogen and oxygen atoms in total. The number of ketones is 3. The Hall–Kier alpha value is -3.19. The number of phenols is 2. The highest BCUT2D eigenvalue weighted by Crippen LogP contribution is 2.52. The summed E-state index contributed by atoms with van der Waals surface area (Å²) in [6.07, 6.45) is -4.98. The van der Waals surface area contributed by atoms with Gasteiger partial charge in [0.1, 0.15) is 23.7 Å². The topological polar surface area (TPSA) is 197 Å². The lowest BCUT2D eigenvalue weighted by Crippen LogP contribution is -2.53. The predicted octanol–water partition coefficient (Wildman–Crippen LogP) is 0.301. The summed E-state index contributed by atoms with van der Waals surface area (Å²) in [4.78, 5) is 39.6. The molecule has 2 aromatic carbocycles. The van der Waals surface area contributed by atoms with E-state index < -0.39 is 95.7 Å². The van der Waals surface area contributed by atoms with E-state index in [4.69, 9.17) is 15.2 Å². The summed E-state index contributed by atoms with van der Waals surface area (Å²) in [5.74, 6) is -3.60. The van der Waals surface area contributed by atoms with E-state index in [2.05, 4.69) is 0 Å². The van der Waals surface area contributed by atoms with E-state index >= 15 is 0 Å². The number of Topliss-reactive ketones (excluding diaryl/α,β-unsaturated/α-hetero) is 1. The van der Waals surface area contributed by atoms with Crippen molar-refractivity contribution in [2.45, 2.75) is 69.4 Å². The second-order valence-electron chi connectivity index (χ2n) is 10.3. The van der Waals surface area contributed by atoms with Crippen LogP contribution in [0.1, 0.15) is 74.4 Å². The van der Waals surface area contributed by atoms with Crippen LogP contribution in [0.4, 0.5) is 0 Å². The monoisotopic (exact) mass is 527 g/mol. The minimum Gasteiger partial charge on any atom is -0.507 e. The zero-order valence-corrected chi connectivity index (χ0v) is 20.8. The fourth-order valence-electron chi connectivity index (χ4n) is 5.78. The Labute approximate surface area is 217 Å². The van der Waals surface area contributed by atoms with E-state index in [0.717, 1.165) is 0 Å². The molecule has 0 spiro atoms. The molecule has 1 saturated heterocycles. The number of aryl methyl sites for hydroxylation is 1. The number of hydrogen-bond donors (Lipinski definition) is 6. The summed E-state index contributed by atoms with van der Waals surface area (Å²) >= 11 is 0. The van der Waals surface area contributed by atoms with Crippen LogP contribution < -0.4 is 5.73 Å². The summed E-state index contributed by atoms with van der Waals surface area (Å²) in [6.45, 7) is 2.23. The fraction of sp³-hybridized carbons (Fsp3) is 0.444. The Bertz CT molecular complexity index is 1360. The molecule has 0 radical (unpaired) electrons. The van der Waals surface area contributed by atoms with Gasteiger partial charge in [-0.25, -0.2) is 0 Å². The number of aromatic hydroxyl groups is 2. The van der Waals surface area contributed by atoms with Crippen LogP contribution in [0.2, 0.25) is 0 Å². The van der Waals surface area contributed by atoms with Crippen molar-refractivity contribution in [1.82, 2.24) is 0 Å². The number of hydrogen-bond acceptors (Lipinski definition) is 11. The number of carbonyl (C=O) groups excluding carboxylic acids is 3. The molecule has 2 aliphatic carbocycles. The van der Waals surface area contributed by atoms with E-state index in [0.29, 0.717) is 5.56 Å². The second kappa shape index (κ2) is 9.23. The number of fused-ring (bicyclic) bond motifs is 3. The summed E-state index contributed by atoms with van der Waals surface area (Å²) in [7, 11) is 0. The van der Waals surface area contributed by atoms with Crippen LogP contribution >= 0.6 is 0 Å². The van der Waals surface area contributed by atoms with Gasteiger partial charge in [0.25, 0.3) is 0 Å². The Morgan fingerprint density at radius 3 is 2.50 bits per heavy atom. The molecular formula is C27H29NO10. The van der Waals surface area contributed by atoms with Gasteiger partial charge in [0, 0.05) is 47.6 Å². The molecule has 7 N–H and O–H groups in total. The first-order chi connectivity index (χ1) is 17.9. The van der Waals surface area contributed by atoms with Crippen molar-refractivity contribution in [3.05, 3.63) is 57.1 Å². The third kappa shape index (κ3) is 3.85. The largest absolute Gasteiger partial charge is 0.507 e. The first-order valence-electron chi connectivity index (χ1n) is 12.3. The van der Waals surface area contributed by atoms with Crippen molar-refractivity contribution in [3.8, 4) is 11.5 Å². The highest BCUT2D eigenvalue weighted by Gasteiger charge is 2.50. The number of aliphatic hydroxyl groups is 3. The highest BCUT2D eigenvalue weighted by molar-refractivity contribution is 6.31. The van der Waals surface area contributed by atoms with Gasteiger partial charge < -0.3 is 40.7 Å². The first-order valence-corrected chi connectivity index (χ1v) is 12.3. The molecule has 1 aliphatic heterocycles. The van der Waals surface area contributed by atoms with Crippen LogP contribution in [-0.2, 0) is 20.7 Å². The summed E-state index contributed by atoms with van der Waals surface area (Å²) < 4.78 is 11.7. The van der Waals surface area contributed by atoms with Crippen molar-refractivity contribution in [2.24, 2.45) is 5.73 Å². The third-order valence-corrected chi connectivity index (χ3v) is 7.83. The molecule has 6 unspecified atom stereocenters. The molecule has 0 saturated carbocycles. The van der Waals surface area contributed by atoms with Gasteiger partial charge in [-0.05, 0) is 19.4 Å². The van der Waals surface area contributed by atoms with Crippen LogP contribution in [0.25, 0.3) is 0 Å². The van der Waals surface area contributed by atoms with E-state index in [-0.39, 0.29) is 28.7 Å². The molecule has 5 rings (SSSR count). The molecule has 2 aromatic rings. The highest BCUT2D eigenvalue weighted by atomic mass is 16.7. The second-order valence-corrected chi connectivity index (χ2v) is 10.3. The van der Waals surface area contributed by atoms with E-state index in [9.17, 15) is 39.9 Å². The van der Waals surface area contributed by atoms with Gasteiger partial charge in [0.15, 0.2) is 23.6 Å². The molecule has 1 heterocycles. The quantitative estimate of drug-likeness (QED) is 0.255. The average molecular weight is 528 g/mol. The van der Waals surface area contributed by atoms with Gasteiger partial charge in [0.05, 0.1) is 29.4 Å². The van der Waals surface area contributed by atoms with Crippen molar-refractivity contribution < 1.29 is 49.4 Å². The van der Waals surface area contributed by atoms with Crippen LogP contribution in [0, 0.1) is 6.92 Å². The van der Waals surface area contributed by atoms with Gasteiger partial charge in [-0.15, -0.1) is 0 Å². The molecule has 11 heteroatoms. The van der Waals surface area contributed by atoms with Crippen LogP contribution in [0.3, 0.4) is 0 Å². The zero-order chi connectivity index (χ0) is 27.7. The number of phenolic OH excluding ortho intramolecular Hbond substituents is 2. The van der Waals surface area contributed by atoms with Crippen molar-refractivity contribution in [3.63, 3.8) is 0 Å². The molecule has 6 atom stereocenters. The van der Waals surface area contributed by atoms with Crippen molar-refractivity contribution in [2.75, 3.05) is 6.61 Å². The molecule has 1 fully saturated rings. The van der Waals surface area contributed by atoms with Gasteiger partial charge in [-0.3, -0.25) is 14.4 Å². The molecule has 0 amide bonds. The van der Waals surface area contributed by atoms with Crippen molar-refractivity contribution >= 4 is 17.3 Å². The summed E-state index contributed by atoms with van der Waals surface area (Å²) in [5.41, 5.74) is 3.38. The Balaban J connectivity index is 1.68.